The van der Waals surface area contributed by atoms with E-state index in [1.807, 2.05) is 25.1 Å². The number of amides is 1. The molecule has 1 rings (SSSR count). The quantitative estimate of drug-likeness (QED) is 0.609. The summed E-state index contributed by atoms with van der Waals surface area (Å²) >= 11 is 0. The van der Waals surface area contributed by atoms with Crippen LogP contribution in [0.4, 0.5) is 0 Å². The monoisotopic (exact) mass is 259 g/mol. The molecule has 0 saturated heterocycles. The lowest BCUT2D eigenvalue weighted by atomic mass is 10.0. The molecule has 0 aliphatic carbocycles. The number of rotatable bonds is 6. The molecule has 1 atom stereocenters. The number of carbonyl (C=O) groups excluding carboxylic acids is 1. The van der Waals surface area contributed by atoms with Crippen molar-refractivity contribution in [3.63, 3.8) is 0 Å². The summed E-state index contributed by atoms with van der Waals surface area (Å²) in [5, 5.41) is 11.6. The molecule has 0 spiro atoms. The second-order valence-corrected chi connectivity index (χ2v) is 3.95. The van der Waals surface area contributed by atoms with Gasteiger partial charge in [-0.15, -0.1) is 0 Å². The normalized spacial score (nSPS) is 12.7. The molecule has 4 nitrogen and oxygen atoms in total. The third kappa shape index (κ3) is 5.68. The Kier molecular flexibility index (Phi) is 6.09. The van der Waals surface area contributed by atoms with Crippen molar-refractivity contribution in [1.29, 1.82) is 0 Å². The molecule has 0 aliphatic heterocycles. The van der Waals surface area contributed by atoms with Gasteiger partial charge in [0.25, 0.3) is 0 Å². The van der Waals surface area contributed by atoms with Gasteiger partial charge in [0, 0.05) is 6.08 Å². The van der Waals surface area contributed by atoms with Crippen LogP contribution in [-0.2, 0) is 9.59 Å². The minimum absolute atomic E-state index is 0.146. The first-order valence-corrected chi connectivity index (χ1v) is 6.00. The zero-order valence-corrected chi connectivity index (χ0v) is 10.7. The number of aliphatic carboxylic acids is 1. The van der Waals surface area contributed by atoms with E-state index in [0.29, 0.717) is 0 Å². The standard InChI is InChI=1S/C15H17NO3/c1-2-3-5-10-14(17)16-13(11-15(18)19)12-8-6-4-7-9-12/h2-10,13H,11H2,1H3,(H,16,17)(H,18,19)/b3-2+,10-5+. The van der Waals surface area contributed by atoms with Crippen molar-refractivity contribution >= 4 is 11.9 Å². The lowest BCUT2D eigenvalue weighted by Gasteiger charge is -2.16. The number of hydrogen-bond donors (Lipinski definition) is 2. The van der Waals surface area contributed by atoms with E-state index >= 15 is 0 Å². The Balaban J connectivity index is 2.76. The molecule has 100 valence electrons. The molecule has 0 aliphatic rings. The molecule has 1 amide bonds. The molecule has 0 fully saturated rings. The Bertz CT molecular complexity index is 477. The first-order valence-electron chi connectivity index (χ1n) is 6.00. The fraction of sp³-hybridized carbons (Fsp3) is 0.200. The molecule has 0 heterocycles. The van der Waals surface area contributed by atoms with E-state index in [0.717, 1.165) is 5.56 Å². The van der Waals surface area contributed by atoms with Crippen LogP contribution in [0.25, 0.3) is 0 Å². The van der Waals surface area contributed by atoms with Crippen LogP contribution in [0.2, 0.25) is 0 Å². The van der Waals surface area contributed by atoms with E-state index in [9.17, 15) is 9.59 Å². The average molecular weight is 259 g/mol. The van der Waals surface area contributed by atoms with Crippen LogP contribution in [0.1, 0.15) is 24.9 Å². The second kappa shape index (κ2) is 7.87. The number of allylic oxidation sites excluding steroid dienone is 3. The molecular formula is C15H17NO3. The molecule has 0 saturated carbocycles. The van der Waals surface area contributed by atoms with Crippen molar-refractivity contribution < 1.29 is 14.7 Å². The van der Waals surface area contributed by atoms with Crippen LogP contribution in [0, 0.1) is 0 Å². The van der Waals surface area contributed by atoms with E-state index in [4.69, 9.17) is 5.11 Å². The van der Waals surface area contributed by atoms with Gasteiger partial charge in [-0.2, -0.15) is 0 Å². The maximum absolute atomic E-state index is 11.7. The number of carboxylic acids is 1. The molecule has 0 bridgehead atoms. The van der Waals surface area contributed by atoms with Crippen LogP contribution < -0.4 is 5.32 Å². The summed E-state index contributed by atoms with van der Waals surface area (Å²) in [4.78, 5) is 22.5. The van der Waals surface area contributed by atoms with Gasteiger partial charge in [0.1, 0.15) is 0 Å². The fourth-order valence-electron chi connectivity index (χ4n) is 1.59. The summed E-state index contributed by atoms with van der Waals surface area (Å²) in [5.41, 5.74) is 0.776. The number of nitrogens with one attached hydrogen (secondary N) is 1. The Hall–Kier alpha value is -2.36. The minimum atomic E-state index is -0.952. The van der Waals surface area contributed by atoms with Crippen molar-refractivity contribution in [2.24, 2.45) is 0 Å². The van der Waals surface area contributed by atoms with Crippen molar-refractivity contribution in [2.45, 2.75) is 19.4 Å². The van der Waals surface area contributed by atoms with E-state index in [1.165, 1.54) is 6.08 Å². The number of benzene rings is 1. The van der Waals surface area contributed by atoms with Gasteiger partial charge in [0.05, 0.1) is 12.5 Å². The third-order valence-electron chi connectivity index (χ3n) is 2.45. The summed E-state index contributed by atoms with van der Waals surface area (Å²) < 4.78 is 0. The molecule has 19 heavy (non-hydrogen) atoms. The summed E-state index contributed by atoms with van der Waals surface area (Å²) in [6, 6.07) is 8.53. The highest BCUT2D eigenvalue weighted by Crippen LogP contribution is 2.16. The van der Waals surface area contributed by atoms with Gasteiger partial charge in [-0.25, -0.2) is 0 Å². The molecule has 0 aromatic heterocycles. The predicted molar refractivity (Wildman–Crippen MR) is 73.5 cm³/mol. The van der Waals surface area contributed by atoms with Gasteiger partial charge in [0.2, 0.25) is 5.91 Å². The maximum Gasteiger partial charge on any atom is 0.305 e. The second-order valence-electron chi connectivity index (χ2n) is 3.95. The highest BCUT2D eigenvalue weighted by Gasteiger charge is 2.16. The Labute approximate surface area is 112 Å². The third-order valence-corrected chi connectivity index (χ3v) is 2.45. The topological polar surface area (TPSA) is 66.4 Å². The van der Waals surface area contributed by atoms with Crippen molar-refractivity contribution in [3.8, 4) is 0 Å². The molecular weight excluding hydrogens is 242 g/mol. The van der Waals surface area contributed by atoms with E-state index in [-0.39, 0.29) is 12.3 Å². The maximum atomic E-state index is 11.7. The van der Waals surface area contributed by atoms with Gasteiger partial charge in [-0.05, 0) is 12.5 Å². The summed E-state index contributed by atoms with van der Waals surface area (Å²) in [7, 11) is 0. The van der Waals surface area contributed by atoms with Gasteiger partial charge in [0.15, 0.2) is 0 Å². The van der Waals surface area contributed by atoms with Gasteiger partial charge in [-0.1, -0.05) is 48.6 Å². The largest absolute Gasteiger partial charge is 0.481 e. The van der Waals surface area contributed by atoms with E-state index < -0.39 is 12.0 Å². The lowest BCUT2D eigenvalue weighted by Crippen LogP contribution is -2.28. The predicted octanol–water partition coefficient (Wildman–Crippen LogP) is 2.45. The Morgan fingerprint density at radius 2 is 1.95 bits per heavy atom. The zero-order valence-electron chi connectivity index (χ0n) is 10.7. The first kappa shape index (κ1) is 14.7. The molecule has 1 aromatic rings. The van der Waals surface area contributed by atoms with Gasteiger partial charge in [-0.3, -0.25) is 9.59 Å². The van der Waals surface area contributed by atoms with Gasteiger partial charge < -0.3 is 10.4 Å². The number of carbonyl (C=O) groups is 2. The zero-order chi connectivity index (χ0) is 14.1. The van der Waals surface area contributed by atoms with Crippen molar-refractivity contribution in [1.82, 2.24) is 5.32 Å². The van der Waals surface area contributed by atoms with Crippen LogP contribution >= 0.6 is 0 Å². The summed E-state index contributed by atoms with van der Waals surface area (Å²) in [6.07, 6.45) is 6.37. The smallest absolute Gasteiger partial charge is 0.305 e. The number of carboxylic acid groups (broad SMARTS) is 1. The Morgan fingerprint density at radius 3 is 2.53 bits per heavy atom. The SMILES string of the molecule is C/C=C/C=C/C(=O)NC(CC(=O)O)c1ccccc1. The van der Waals surface area contributed by atoms with E-state index in [1.54, 1.807) is 30.4 Å². The van der Waals surface area contributed by atoms with Gasteiger partial charge >= 0.3 is 5.97 Å². The summed E-state index contributed by atoms with van der Waals surface area (Å²) in [6.45, 7) is 1.85. The van der Waals surface area contributed by atoms with E-state index in [2.05, 4.69) is 5.32 Å². The van der Waals surface area contributed by atoms with Crippen LogP contribution in [0.5, 0.6) is 0 Å². The van der Waals surface area contributed by atoms with Crippen LogP contribution in [0.15, 0.2) is 54.6 Å². The molecule has 2 N–H and O–H groups in total. The average Bonchev–Trinajstić information content (AvgIpc) is 2.39. The molecule has 1 unspecified atom stereocenters. The number of hydrogen-bond acceptors (Lipinski definition) is 2. The fourth-order valence-corrected chi connectivity index (χ4v) is 1.59. The molecule has 0 radical (unpaired) electrons. The molecule has 1 aromatic carbocycles. The highest BCUT2D eigenvalue weighted by molar-refractivity contribution is 5.88. The highest BCUT2D eigenvalue weighted by atomic mass is 16.4. The Morgan fingerprint density at radius 1 is 1.26 bits per heavy atom. The van der Waals surface area contributed by atoms with Crippen LogP contribution in [0.3, 0.4) is 0 Å². The molecule has 4 heteroatoms. The van der Waals surface area contributed by atoms with Crippen molar-refractivity contribution in [3.05, 3.63) is 60.2 Å². The van der Waals surface area contributed by atoms with Crippen molar-refractivity contribution in [2.75, 3.05) is 0 Å². The van der Waals surface area contributed by atoms with Crippen LogP contribution in [-0.4, -0.2) is 17.0 Å². The lowest BCUT2D eigenvalue weighted by molar-refractivity contribution is -0.137. The minimum Gasteiger partial charge on any atom is -0.481 e. The summed E-state index contributed by atoms with van der Waals surface area (Å²) in [5.74, 6) is -1.26. The first-order chi connectivity index (χ1) is 9.13.